The summed E-state index contributed by atoms with van der Waals surface area (Å²) >= 11 is 17.2. The van der Waals surface area contributed by atoms with Crippen molar-refractivity contribution in [3.8, 4) is 0 Å². The monoisotopic (exact) mass is 594 g/mol. The van der Waals surface area contributed by atoms with Crippen LogP contribution in [0.5, 0.6) is 0 Å². The Balaban J connectivity index is 1.11. The molecule has 0 spiro atoms. The van der Waals surface area contributed by atoms with Gasteiger partial charge in [-0.3, -0.25) is 29.6 Å². The second-order valence-electron chi connectivity index (χ2n) is 10.9. The molecule has 0 bridgehead atoms. The fraction of sp³-hybridized carbons (Fsp3) is 0.355. The molecule has 40 heavy (non-hydrogen) atoms. The molecule has 3 heterocycles. The number of piperazine rings is 1. The molecule has 208 valence electrons. The van der Waals surface area contributed by atoms with Crippen LogP contribution >= 0.6 is 35.8 Å². The topological polar surface area (TPSA) is 55.9 Å². The predicted octanol–water partition coefficient (Wildman–Crippen LogP) is 5.45. The molecule has 6 rings (SSSR count). The lowest BCUT2D eigenvalue weighted by Gasteiger charge is -2.40. The van der Waals surface area contributed by atoms with Crippen LogP contribution in [0.25, 0.3) is 0 Å². The molecule has 3 aromatic carbocycles. The maximum absolute atomic E-state index is 12.5. The first-order valence-electron chi connectivity index (χ1n) is 13.7. The summed E-state index contributed by atoms with van der Waals surface area (Å²) in [6.07, 6.45) is 0.914. The molecule has 9 heteroatoms. The number of halogens is 2. The van der Waals surface area contributed by atoms with Gasteiger partial charge in [-0.15, -0.1) is 0 Å². The molecule has 3 aliphatic heterocycles. The Morgan fingerprint density at radius 2 is 1.50 bits per heavy atom. The minimum Gasteiger partial charge on any atom is -0.297 e. The normalized spacial score (nSPS) is 22.5. The Morgan fingerprint density at radius 1 is 0.875 bits per heavy atom. The van der Waals surface area contributed by atoms with Crippen molar-refractivity contribution in [2.45, 2.75) is 43.4 Å². The lowest BCUT2D eigenvalue weighted by Crippen LogP contribution is -2.51. The number of carbonyl (C=O) groups excluding carboxylic acids is 2. The average molecular weight is 596 g/mol. The van der Waals surface area contributed by atoms with E-state index in [1.54, 1.807) is 0 Å². The molecule has 0 radical (unpaired) electrons. The Bertz CT molecular complexity index is 1350. The van der Waals surface area contributed by atoms with Crippen molar-refractivity contribution >= 4 is 47.6 Å². The van der Waals surface area contributed by atoms with Gasteiger partial charge in [0.2, 0.25) is 11.8 Å². The van der Waals surface area contributed by atoms with Gasteiger partial charge < -0.3 is 0 Å². The van der Waals surface area contributed by atoms with E-state index in [-0.39, 0.29) is 29.3 Å². The van der Waals surface area contributed by atoms with E-state index in [1.165, 1.54) is 22.3 Å². The van der Waals surface area contributed by atoms with Gasteiger partial charge in [-0.05, 0) is 58.5 Å². The van der Waals surface area contributed by atoms with Crippen molar-refractivity contribution in [1.29, 1.82) is 0 Å². The van der Waals surface area contributed by atoms with Gasteiger partial charge >= 0.3 is 0 Å². The quantitative estimate of drug-likeness (QED) is 0.293. The van der Waals surface area contributed by atoms with E-state index in [2.05, 4.69) is 62.5 Å². The number of thiol groups is 1. The second kappa shape index (κ2) is 11.8. The van der Waals surface area contributed by atoms with E-state index in [4.69, 9.17) is 35.8 Å². The molecule has 3 aliphatic rings. The van der Waals surface area contributed by atoms with Crippen LogP contribution in [-0.4, -0.2) is 58.7 Å². The summed E-state index contributed by atoms with van der Waals surface area (Å²) in [5.41, 5.74) is 6.08. The van der Waals surface area contributed by atoms with Gasteiger partial charge in [0.1, 0.15) is 0 Å². The zero-order chi connectivity index (χ0) is 27.8. The Kier molecular flexibility index (Phi) is 8.22. The van der Waals surface area contributed by atoms with Gasteiger partial charge in [-0.25, -0.2) is 0 Å². The molecule has 2 saturated heterocycles. The first kappa shape index (κ1) is 27.8. The van der Waals surface area contributed by atoms with Crippen LogP contribution in [0.3, 0.4) is 0 Å². The Labute approximate surface area is 250 Å². The molecule has 1 N–H and O–H groups in total. The van der Waals surface area contributed by atoms with Crippen LogP contribution in [-0.2, 0) is 22.7 Å². The lowest BCUT2D eigenvalue weighted by atomic mass is 9.96. The van der Waals surface area contributed by atoms with Gasteiger partial charge in [0.25, 0.3) is 0 Å². The Hall–Kier alpha value is -2.39. The predicted molar refractivity (Wildman–Crippen MR) is 161 cm³/mol. The molecule has 0 aliphatic carbocycles. The van der Waals surface area contributed by atoms with Gasteiger partial charge in [-0.2, -0.15) is 12.6 Å². The molecule has 2 unspecified atom stereocenters. The van der Waals surface area contributed by atoms with Crippen molar-refractivity contribution in [3.05, 3.63) is 105 Å². The summed E-state index contributed by atoms with van der Waals surface area (Å²) in [6.45, 7) is 5.37. The highest BCUT2D eigenvalue weighted by Gasteiger charge is 2.39. The van der Waals surface area contributed by atoms with Crippen molar-refractivity contribution in [1.82, 2.24) is 20.0 Å². The number of carbonyl (C=O) groups is 2. The van der Waals surface area contributed by atoms with Crippen molar-refractivity contribution in [3.63, 3.8) is 0 Å². The standard InChI is InChI=1S/C31H32Cl2N4O2S/c32-24-6-2-21(3-7-24)29(22-4-8-25(33)9-5-22)36-15-13-35(14-16-36)18-20-1-10-26-23(17-20)19-37(31(26)40)27-11-12-28(38)34-30(27)39/h1-10,17,27,29,31,40H,11-16,18-19H2,(H,34,38,39). The number of hydrogen-bond acceptors (Lipinski definition) is 6. The van der Waals surface area contributed by atoms with Crippen molar-refractivity contribution in [2.24, 2.45) is 0 Å². The summed E-state index contributed by atoms with van der Waals surface area (Å²) in [5, 5.41) is 3.81. The highest BCUT2D eigenvalue weighted by molar-refractivity contribution is 7.80. The minimum atomic E-state index is -0.321. The SMILES string of the molecule is O=C1CCC(N2Cc3cc(CN4CCN(C(c5ccc(Cl)cc5)c5ccc(Cl)cc5)CC4)ccc3C2S)C(=O)N1. The maximum atomic E-state index is 12.5. The van der Waals surface area contributed by atoms with Crippen molar-refractivity contribution < 1.29 is 9.59 Å². The fourth-order valence-electron chi connectivity index (χ4n) is 6.23. The molecule has 0 aromatic heterocycles. The molecule has 2 fully saturated rings. The van der Waals surface area contributed by atoms with E-state index in [0.29, 0.717) is 19.4 Å². The highest BCUT2D eigenvalue weighted by atomic mass is 35.5. The van der Waals surface area contributed by atoms with E-state index in [9.17, 15) is 9.59 Å². The number of nitrogens with zero attached hydrogens (tertiary/aromatic N) is 3. The fourth-order valence-corrected chi connectivity index (χ4v) is 6.98. The molecule has 0 saturated carbocycles. The van der Waals surface area contributed by atoms with Crippen LogP contribution in [0.4, 0.5) is 0 Å². The number of rotatable bonds is 6. The van der Waals surface area contributed by atoms with Crippen LogP contribution < -0.4 is 5.32 Å². The summed E-state index contributed by atoms with van der Waals surface area (Å²) in [7, 11) is 0. The molecule has 2 atom stereocenters. The average Bonchev–Trinajstić information content (AvgIpc) is 3.27. The van der Waals surface area contributed by atoms with Crippen LogP contribution in [0.1, 0.15) is 52.1 Å². The summed E-state index contributed by atoms with van der Waals surface area (Å²) < 4.78 is 0. The maximum Gasteiger partial charge on any atom is 0.243 e. The van der Waals surface area contributed by atoms with Gasteiger partial charge in [-0.1, -0.05) is 65.7 Å². The largest absolute Gasteiger partial charge is 0.297 e. The van der Waals surface area contributed by atoms with Crippen LogP contribution in [0.15, 0.2) is 66.7 Å². The van der Waals surface area contributed by atoms with Crippen molar-refractivity contribution in [2.75, 3.05) is 26.2 Å². The number of benzene rings is 3. The molecular weight excluding hydrogens is 563 g/mol. The third-order valence-electron chi connectivity index (χ3n) is 8.31. The smallest absolute Gasteiger partial charge is 0.243 e. The van der Waals surface area contributed by atoms with Gasteiger partial charge in [0.15, 0.2) is 0 Å². The summed E-state index contributed by atoms with van der Waals surface area (Å²) in [6, 6.07) is 22.7. The molecule has 2 amide bonds. The second-order valence-corrected chi connectivity index (χ2v) is 12.2. The molecule has 6 nitrogen and oxygen atoms in total. The number of piperidine rings is 1. The van der Waals surface area contributed by atoms with Gasteiger partial charge in [0, 0.05) is 55.7 Å². The van der Waals surface area contributed by atoms with E-state index in [0.717, 1.165) is 48.3 Å². The van der Waals surface area contributed by atoms with E-state index < -0.39 is 0 Å². The first-order valence-corrected chi connectivity index (χ1v) is 15.0. The molecular formula is C31H32Cl2N4O2S. The lowest BCUT2D eigenvalue weighted by molar-refractivity contribution is -0.137. The van der Waals surface area contributed by atoms with Crippen LogP contribution in [0.2, 0.25) is 10.0 Å². The van der Waals surface area contributed by atoms with Crippen LogP contribution in [0, 0.1) is 0 Å². The number of amides is 2. The Morgan fingerprint density at radius 3 is 2.10 bits per heavy atom. The van der Waals surface area contributed by atoms with E-state index in [1.807, 2.05) is 24.3 Å². The third kappa shape index (κ3) is 5.82. The van der Waals surface area contributed by atoms with Gasteiger partial charge in [0.05, 0.1) is 17.5 Å². The number of imide groups is 1. The zero-order valence-electron chi connectivity index (χ0n) is 22.1. The van der Waals surface area contributed by atoms with E-state index >= 15 is 0 Å². The molecule has 3 aromatic rings. The number of nitrogens with one attached hydrogen (secondary N) is 1. The number of fused-ring (bicyclic) bond motifs is 1. The summed E-state index contributed by atoms with van der Waals surface area (Å²) in [5.74, 6) is -0.402. The highest BCUT2D eigenvalue weighted by Crippen LogP contribution is 2.40. The third-order valence-corrected chi connectivity index (χ3v) is 9.39. The zero-order valence-corrected chi connectivity index (χ0v) is 24.5. The number of hydrogen-bond donors (Lipinski definition) is 2. The minimum absolute atomic E-state index is 0.141. The summed E-state index contributed by atoms with van der Waals surface area (Å²) in [4.78, 5) is 31.2. The first-order chi connectivity index (χ1) is 19.4.